The third-order valence-corrected chi connectivity index (χ3v) is 10.1. The number of aliphatic hydroxyl groups is 1. The predicted octanol–water partition coefficient (Wildman–Crippen LogP) is 6.85. The van der Waals surface area contributed by atoms with E-state index < -0.39 is 11.6 Å². The van der Waals surface area contributed by atoms with Gasteiger partial charge >= 0.3 is 6.01 Å². The highest BCUT2D eigenvalue weighted by molar-refractivity contribution is 6.03. The lowest BCUT2D eigenvalue weighted by molar-refractivity contribution is 0.0798. The third kappa shape index (κ3) is 7.28. The molecule has 2 unspecified atom stereocenters. The molecular formula is C38H45F2N5O4. The summed E-state index contributed by atoms with van der Waals surface area (Å²) in [5.41, 5.74) is -0.166. The van der Waals surface area contributed by atoms with Crippen LogP contribution in [0.5, 0.6) is 11.8 Å². The van der Waals surface area contributed by atoms with Gasteiger partial charge in [-0.15, -0.1) is 6.42 Å². The second-order valence-electron chi connectivity index (χ2n) is 13.3. The van der Waals surface area contributed by atoms with Gasteiger partial charge in [0.1, 0.15) is 35.3 Å². The van der Waals surface area contributed by atoms with E-state index in [1.165, 1.54) is 49.7 Å². The number of ether oxygens (including phenoxy) is 2. The first-order valence-electron chi connectivity index (χ1n) is 17.5. The Morgan fingerprint density at radius 2 is 1.94 bits per heavy atom. The normalized spacial score (nSPS) is 20.3. The predicted molar refractivity (Wildman–Crippen MR) is 187 cm³/mol. The Balaban J connectivity index is 0.000000628. The number of phenolic OH excluding ortho intramolecular Hbond substituents is 1. The van der Waals surface area contributed by atoms with Crippen LogP contribution >= 0.6 is 0 Å². The number of nitrogens with one attached hydrogen (secondary N) is 1. The summed E-state index contributed by atoms with van der Waals surface area (Å²) in [5, 5.41) is 25.4. The average molecular weight is 674 g/mol. The molecule has 2 aliphatic heterocycles. The molecule has 0 spiro atoms. The standard InChI is InChI=1S/C33H35F2N5O3.C5H10O/c1-3-5-14-40(19-41)31-24-17-37-29(23-16-21(42)15-20-9-10-25(34)22(4-2)27(20)23)28(35)30(24)38-32(39-31)43-18-33-11-6-8-26(33)36-13-7-12-33;1-2-4-6-5-3-1/h2,9-10,15-17,26,36,41-42H,3,5-8,11-14,18-19H2,1H3;1-5H2. The van der Waals surface area contributed by atoms with Gasteiger partial charge in [-0.25, -0.2) is 8.78 Å². The molecule has 7 rings (SSSR count). The molecule has 0 amide bonds. The monoisotopic (exact) mass is 673 g/mol. The Bertz CT molecular complexity index is 1820. The average Bonchev–Trinajstić information content (AvgIpc) is 3.56. The maximum absolute atomic E-state index is 16.6. The number of unbranched alkanes of at least 4 members (excludes halogenated alkanes) is 1. The summed E-state index contributed by atoms with van der Waals surface area (Å²) >= 11 is 0. The number of fused-ring (bicyclic) bond motifs is 3. The molecule has 2 atom stereocenters. The Hall–Kier alpha value is -4.11. The molecule has 49 heavy (non-hydrogen) atoms. The molecule has 11 heteroatoms. The molecule has 2 aromatic heterocycles. The highest BCUT2D eigenvalue weighted by Crippen LogP contribution is 2.45. The lowest BCUT2D eigenvalue weighted by atomic mass is 9.76. The largest absolute Gasteiger partial charge is 0.508 e. The number of benzene rings is 2. The second kappa shape index (κ2) is 15.6. The number of anilines is 1. The van der Waals surface area contributed by atoms with Crippen molar-refractivity contribution in [1.82, 2.24) is 20.3 Å². The molecule has 1 saturated carbocycles. The van der Waals surface area contributed by atoms with Crippen molar-refractivity contribution in [2.24, 2.45) is 5.41 Å². The number of terminal acetylenes is 1. The van der Waals surface area contributed by atoms with Gasteiger partial charge in [0, 0.05) is 48.4 Å². The van der Waals surface area contributed by atoms with E-state index in [1.54, 1.807) is 4.90 Å². The number of aliphatic hydroxyl groups excluding tert-OH is 1. The lowest BCUT2D eigenvalue weighted by Gasteiger charge is -2.39. The minimum atomic E-state index is -0.797. The van der Waals surface area contributed by atoms with Gasteiger partial charge in [0.15, 0.2) is 5.82 Å². The highest BCUT2D eigenvalue weighted by atomic mass is 19.1. The van der Waals surface area contributed by atoms with Gasteiger partial charge in [-0.05, 0) is 81.5 Å². The number of hydrogen-bond donors (Lipinski definition) is 3. The maximum Gasteiger partial charge on any atom is 0.319 e. The Morgan fingerprint density at radius 1 is 1.12 bits per heavy atom. The van der Waals surface area contributed by atoms with Gasteiger partial charge in [0.05, 0.1) is 17.6 Å². The summed E-state index contributed by atoms with van der Waals surface area (Å²) in [5.74, 6) is 1.09. The minimum Gasteiger partial charge on any atom is -0.508 e. The molecule has 3 N–H and O–H groups in total. The fourth-order valence-corrected chi connectivity index (χ4v) is 7.47. The first kappa shape index (κ1) is 34.7. The molecule has 260 valence electrons. The number of aromatic nitrogens is 3. The van der Waals surface area contributed by atoms with Crippen LogP contribution in [0.3, 0.4) is 0 Å². The lowest BCUT2D eigenvalue weighted by Crippen LogP contribution is -2.49. The Morgan fingerprint density at radius 3 is 2.65 bits per heavy atom. The SMILES string of the molecule is C#Cc1c(F)ccc2cc(O)cc(-c3ncc4c(N(CO)CCCC)nc(OCC56CCCNC5CCC6)nc4c3F)c12.C1CCOCC1. The first-order valence-corrected chi connectivity index (χ1v) is 17.5. The van der Waals surface area contributed by atoms with Crippen molar-refractivity contribution in [3.8, 4) is 35.4 Å². The van der Waals surface area contributed by atoms with Crippen molar-refractivity contribution in [3.63, 3.8) is 0 Å². The minimum absolute atomic E-state index is 0.00947. The maximum atomic E-state index is 16.6. The fraction of sp³-hybridized carbons (Fsp3) is 0.500. The van der Waals surface area contributed by atoms with Gasteiger partial charge in [0.2, 0.25) is 0 Å². The van der Waals surface area contributed by atoms with Crippen LogP contribution in [0.2, 0.25) is 0 Å². The zero-order chi connectivity index (χ0) is 34.4. The van der Waals surface area contributed by atoms with Crippen molar-refractivity contribution in [3.05, 3.63) is 47.7 Å². The Labute approximate surface area is 286 Å². The molecule has 3 aliphatic rings. The molecule has 0 bridgehead atoms. The molecule has 4 aromatic rings. The number of aromatic hydroxyl groups is 1. The van der Waals surface area contributed by atoms with E-state index >= 15 is 4.39 Å². The number of phenols is 1. The smallest absolute Gasteiger partial charge is 0.319 e. The fourth-order valence-electron chi connectivity index (χ4n) is 7.47. The number of halogens is 2. The van der Waals surface area contributed by atoms with Crippen molar-refractivity contribution >= 4 is 27.5 Å². The first-order chi connectivity index (χ1) is 23.9. The van der Waals surface area contributed by atoms with Gasteiger partial charge < -0.3 is 29.9 Å². The van der Waals surface area contributed by atoms with Crippen molar-refractivity contribution in [2.75, 3.05) is 44.5 Å². The third-order valence-electron chi connectivity index (χ3n) is 10.1. The van der Waals surface area contributed by atoms with Crippen LogP contribution in [0.15, 0.2) is 30.5 Å². The number of pyridine rings is 1. The number of rotatable bonds is 9. The van der Waals surface area contributed by atoms with Crippen LogP contribution in [0.25, 0.3) is 32.9 Å². The van der Waals surface area contributed by atoms with Crippen molar-refractivity contribution in [2.45, 2.75) is 77.2 Å². The molecule has 2 aromatic carbocycles. The van der Waals surface area contributed by atoms with Crippen LogP contribution in [0.4, 0.5) is 14.6 Å². The van der Waals surface area contributed by atoms with Gasteiger partial charge in [-0.3, -0.25) is 4.98 Å². The van der Waals surface area contributed by atoms with Crippen molar-refractivity contribution in [1.29, 1.82) is 0 Å². The van der Waals surface area contributed by atoms with Gasteiger partial charge in [-0.2, -0.15) is 9.97 Å². The van der Waals surface area contributed by atoms with E-state index in [0.717, 1.165) is 64.7 Å². The Kier molecular flexibility index (Phi) is 11.1. The molecule has 0 radical (unpaired) electrons. The quantitative estimate of drug-likeness (QED) is 0.130. The molecule has 3 fully saturated rings. The molecule has 1 aliphatic carbocycles. The number of piperidine rings is 1. The summed E-state index contributed by atoms with van der Waals surface area (Å²) in [6.45, 7) is 5.57. The van der Waals surface area contributed by atoms with Crippen molar-refractivity contribution < 1.29 is 28.5 Å². The van der Waals surface area contributed by atoms with Crippen LogP contribution in [0, 0.1) is 29.4 Å². The van der Waals surface area contributed by atoms with E-state index in [4.69, 9.17) is 15.9 Å². The summed E-state index contributed by atoms with van der Waals surface area (Å²) < 4.78 is 42.7. The topological polar surface area (TPSA) is 113 Å². The molecule has 4 heterocycles. The number of nitrogens with zero attached hydrogens (tertiary/aromatic N) is 4. The molecular weight excluding hydrogens is 628 g/mol. The van der Waals surface area contributed by atoms with E-state index in [0.29, 0.717) is 35.8 Å². The van der Waals surface area contributed by atoms with Crippen LogP contribution < -0.4 is 15.0 Å². The second-order valence-corrected chi connectivity index (χ2v) is 13.3. The van der Waals surface area contributed by atoms with Gasteiger partial charge in [-0.1, -0.05) is 31.8 Å². The van der Waals surface area contributed by atoms with Crippen LogP contribution in [-0.2, 0) is 4.74 Å². The van der Waals surface area contributed by atoms with E-state index in [1.807, 2.05) is 6.92 Å². The summed E-state index contributed by atoms with van der Waals surface area (Å²) in [4.78, 5) is 15.2. The van der Waals surface area contributed by atoms with E-state index in [2.05, 4.69) is 26.2 Å². The van der Waals surface area contributed by atoms with Crippen LogP contribution in [-0.4, -0.2) is 70.8 Å². The summed E-state index contributed by atoms with van der Waals surface area (Å²) in [6.07, 6.45) is 18.0. The zero-order valence-corrected chi connectivity index (χ0v) is 28.1. The van der Waals surface area contributed by atoms with E-state index in [-0.39, 0.29) is 51.6 Å². The van der Waals surface area contributed by atoms with E-state index in [9.17, 15) is 14.6 Å². The summed E-state index contributed by atoms with van der Waals surface area (Å²) in [7, 11) is 0. The summed E-state index contributed by atoms with van der Waals surface area (Å²) in [6, 6.07) is 5.81. The number of hydrogen-bond acceptors (Lipinski definition) is 9. The molecule has 9 nitrogen and oxygen atoms in total. The van der Waals surface area contributed by atoms with Crippen LogP contribution in [0.1, 0.15) is 76.7 Å². The zero-order valence-electron chi connectivity index (χ0n) is 28.1. The van der Waals surface area contributed by atoms with Gasteiger partial charge in [0.25, 0.3) is 0 Å². The highest BCUT2D eigenvalue weighted by Gasteiger charge is 2.45. The molecule has 2 saturated heterocycles.